The molecule has 1 fully saturated rings. The van der Waals surface area contributed by atoms with Gasteiger partial charge >= 0.3 is 6.09 Å². The van der Waals surface area contributed by atoms with Crippen LogP contribution in [0.15, 0.2) is 36.8 Å². The van der Waals surface area contributed by atoms with Crippen molar-refractivity contribution in [3.05, 3.63) is 76.2 Å². The quantitative estimate of drug-likeness (QED) is 0.275. The molecular formula is C34H43N7O4. The molecule has 1 aromatic carbocycles. The first-order valence-electron chi connectivity index (χ1n) is 15.4. The van der Waals surface area contributed by atoms with E-state index in [-0.39, 0.29) is 17.4 Å². The first-order valence-corrected chi connectivity index (χ1v) is 15.4. The molecule has 1 atom stereocenters. The predicted molar refractivity (Wildman–Crippen MR) is 172 cm³/mol. The minimum atomic E-state index is -0.635. The van der Waals surface area contributed by atoms with E-state index < -0.39 is 11.7 Å². The Morgan fingerprint density at radius 3 is 2.53 bits per heavy atom. The van der Waals surface area contributed by atoms with Crippen molar-refractivity contribution in [2.75, 3.05) is 39.2 Å². The van der Waals surface area contributed by atoms with E-state index in [0.29, 0.717) is 54.9 Å². The molecule has 238 valence electrons. The Bertz CT molecular complexity index is 1640. The summed E-state index contributed by atoms with van der Waals surface area (Å²) in [6, 6.07) is 5.68. The highest BCUT2D eigenvalue weighted by molar-refractivity contribution is 5.99. The molecule has 3 aromatic rings. The number of nitrogens with zero attached hydrogens (tertiary/aromatic N) is 7. The van der Waals surface area contributed by atoms with Crippen LogP contribution in [-0.2, 0) is 23.2 Å². The van der Waals surface area contributed by atoms with E-state index in [9.17, 15) is 9.59 Å². The summed E-state index contributed by atoms with van der Waals surface area (Å²) >= 11 is 0. The van der Waals surface area contributed by atoms with Crippen LogP contribution in [0.5, 0.6) is 5.75 Å². The molecule has 2 amide bonds. The summed E-state index contributed by atoms with van der Waals surface area (Å²) in [5, 5.41) is 0. The van der Waals surface area contributed by atoms with Gasteiger partial charge in [0.2, 0.25) is 11.6 Å². The number of aromatic nitrogens is 3. The van der Waals surface area contributed by atoms with Crippen molar-refractivity contribution in [1.29, 1.82) is 0 Å². The minimum absolute atomic E-state index is 0.0392. The van der Waals surface area contributed by atoms with Crippen molar-refractivity contribution in [1.82, 2.24) is 24.3 Å². The van der Waals surface area contributed by atoms with Crippen molar-refractivity contribution >= 4 is 23.6 Å². The Labute approximate surface area is 265 Å². The number of rotatable bonds is 9. The molecule has 1 aliphatic heterocycles. The minimum Gasteiger partial charge on any atom is -0.505 e. The molecule has 1 saturated carbocycles. The van der Waals surface area contributed by atoms with E-state index in [1.54, 1.807) is 19.3 Å². The van der Waals surface area contributed by atoms with Gasteiger partial charge in [-0.2, -0.15) is 0 Å². The third-order valence-corrected chi connectivity index (χ3v) is 8.31. The molecule has 0 N–H and O–H groups in total. The van der Waals surface area contributed by atoms with Crippen LogP contribution in [-0.4, -0.2) is 76.2 Å². The lowest BCUT2D eigenvalue weighted by atomic mass is 9.81. The Hall–Kier alpha value is -4.43. The fraction of sp³-hybridized carbons (Fsp3) is 0.500. The van der Waals surface area contributed by atoms with Crippen molar-refractivity contribution in [3.63, 3.8) is 0 Å². The summed E-state index contributed by atoms with van der Waals surface area (Å²) in [5.41, 5.74) is 4.26. The van der Waals surface area contributed by atoms with Crippen LogP contribution in [0.25, 0.3) is 4.85 Å². The molecule has 0 bridgehead atoms. The van der Waals surface area contributed by atoms with Crippen LogP contribution in [0.4, 0.5) is 16.4 Å². The first-order chi connectivity index (χ1) is 21.3. The van der Waals surface area contributed by atoms with Crippen LogP contribution >= 0.6 is 0 Å². The lowest BCUT2D eigenvalue weighted by Gasteiger charge is -2.40. The highest BCUT2D eigenvalue weighted by atomic mass is 16.6. The third kappa shape index (κ3) is 6.52. The van der Waals surface area contributed by atoms with Crippen molar-refractivity contribution in [2.45, 2.75) is 77.6 Å². The Balaban J connectivity index is 1.52. The van der Waals surface area contributed by atoms with E-state index >= 15 is 0 Å². The second-order valence-electron chi connectivity index (χ2n) is 13.3. The van der Waals surface area contributed by atoms with Gasteiger partial charge in [-0.05, 0) is 90.4 Å². The summed E-state index contributed by atoms with van der Waals surface area (Å²) in [6.45, 7) is 19.0. The third-order valence-electron chi connectivity index (χ3n) is 8.31. The number of carbonyl (C=O) groups is 2. The van der Waals surface area contributed by atoms with Gasteiger partial charge in [0.05, 0.1) is 31.5 Å². The smallest absolute Gasteiger partial charge is 0.416 e. The van der Waals surface area contributed by atoms with Gasteiger partial charge in [-0.1, -0.05) is 6.07 Å². The highest BCUT2D eigenvalue weighted by Crippen LogP contribution is 2.55. The highest BCUT2D eigenvalue weighted by Gasteiger charge is 2.53. The number of pyridine rings is 1. The SMILES string of the molecule is [C-]#[N+]c1cnc(C(C)N2CC3(CC3)c3c(CN(C)C)cc(Cn4ccnc4N(C)C(=O)OC(C)(C)C)cc3C2=O)cc1OCC. The topological polar surface area (TPSA) is 97.4 Å². The number of fused-ring (bicyclic) bond motifs is 2. The van der Waals surface area contributed by atoms with Gasteiger partial charge < -0.3 is 23.8 Å². The van der Waals surface area contributed by atoms with E-state index in [1.165, 1.54) is 11.1 Å². The molecule has 2 aromatic heterocycles. The summed E-state index contributed by atoms with van der Waals surface area (Å²) < 4.78 is 13.2. The number of hydrogen-bond acceptors (Lipinski definition) is 7. The van der Waals surface area contributed by atoms with E-state index in [2.05, 4.69) is 25.8 Å². The molecule has 11 nitrogen and oxygen atoms in total. The molecule has 45 heavy (non-hydrogen) atoms. The van der Waals surface area contributed by atoms with Crippen LogP contribution in [0.1, 0.15) is 86.2 Å². The fourth-order valence-corrected chi connectivity index (χ4v) is 6.14. The Kier molecular flexibility index (Phi) is 8.64. The molecular weight excluding hydrogens is 570 g/mol. The summed E-state index contributed by atoms with van der Waals surface area (Å²) in [4.78, 5) is 45.2. The Morgan fingerprint density at radius 1 is 1.18 bits per heavy atom. The van der Waals surface area contributed by atoms with Crippen LogP contribution in [0.2, 0.25) is 0 Å². The van der Waals surface area contributed by atoms with Gasteiger partial charge in [0.25, 0.3) is 5.91 Å². The lowest BCUT2D eigenvalue weighted by molar-refractivity contribution is 0.0585. The first kappa shape index (κ1) is 32.0. The lowest BCUT2D eigenvalue weighted by Crippen LogP contribution is -2.45. The zero-order valence-corrected chi connectivity index (χ0v) is 27.5. The second kappa shape index (κ2) is 12.2. The summed E-state index contributed by atoms with van der Waals surface area (Å²) in [6.07, 6.45) is 6.55. The number of anilines is 1. The predicted octanol–water partition coefficient (Wildman–Crippen LogP) is 5.96. The number of amides is 2. The average Bonchev–Trinajstić information content (AvgIpc) is 3.59. The maximum Gasteiger partial charge on any atom is 0.416 e. The largest absolute Gasteiger partial charge is 0.505 e. The maximum absolute atomic E-state index is 14.4. The molecule has 5 rings (SSSR count). The summed E-state index contributed by atoms with van der Waals surface area (Å²) in [7, 11) is 5.72. The molecule has 1 spiro atoms. The zero-order chi connectivity index (χ0) is 32.7. The van der Waals surface area contributed by atoms with Crippen molar-refractivity contribution in [2.24, 2.45) is 0 Å². The molecule has 1 aliphatic carbocycles. The second-order valence-corrected chi connectivity index (χ2v) is 13.3. The van der Waals surface area contributed by atoms with Crippen LogP contribution < -0.4 is 9.64 Å². The average molecular weight is 614 g/mol. The molecule has 0 radical (unpaired) electrons. The zero-order valence-electron chi connectivity index (χ0n) is 27.5. The number of imidazole rings is 1. The monoisotopic (exact) mass is 613 g/mol. The van der Waals surface area contributed by atoms with Crippen LogP contribution in [0.3, 0.4) is 0 Å². The van der Waals surface area contributed by atoms with Gasteiger partial charge in [0.15, 0.2) is 0 Å². The molecule has 3 heterocycles. The summed E-state index contributed by atoms with van der Waals surface area (Å²) in [5.74, 6) is 0.899. The number of ether oxygens (including phenoxy) is 2. The van der Waals surface area contributed by atoms with E-state index in [4.69, 9.17) is 16.0 Å². The molecule has 2 aliphatic rings. The number of benzene rings is 1. The van der Waals surface area contributed by atoms with Gasteiger partial charge in [0, 0.05) is 49.7 Å². The van der Waals surface area contributed by atoms with Gasteiger partial charge in [-0.15, -0.1) is 0 Å². The standard InChI is InChI=1S/C34H43N7O4/c1-10-44-28-17-26(37-18-27(28)35-6)22(2)41-21-34(11-12-34)29-24(20-38(7)8)15-23(16-25(29)30(41)42)19-40-14-13-36-31(40)39(9)32(43)45-33(3,4)5/h13-18,22H,10-12,19-21H2,1-5,7-9H3. The van der Waals surface area contributed by atoms with Gasteiger partial charge in [0.1, 0.15) is 11.4 Å². The van der Waals surface area contributed by atoms with Crippen LogP contribution in [0, 0.1) is 6.57 Å². The molecule has 11 heteroatoms. The Morgan fingerprint density at radius 2 is 1.91 bits per heavy atom. The van der Waals surface area contributed by atoms with Gasteiger partial charge in [-0.25, -0.2) is 14.6 Å². The fourth-order valence-electron chi connectivity index (χ4n) is 6.14. The van der Waals surface area contributed by atoms with Crippen molar-refractivity contribution in [3.8, 4) is 5.75 Å². The maximum atomic E-state index is 14.4. The van der Waals surface area contributed by atoms with E-state index in [1.807, 2.05) is 70.4 Å². The normalized spacial score (nSPS) is 15.9. The number of hydrogen-bond donors (Lipinski definition) is 0. The van der Waals surface area contributed by atoms with Crippen molar-refractivity contribution < 1.29 is 19.1 Å². The molecule has 1 unspecified atom stereocenters. The molecule has 0 saturated heterocycles. The van der Waals surface area contributed by atoms with E-state index in [0.717, 1.165) is 29.5 Å². The van der Waals surface area contributed by atoms with Gasteiger partial charge in [-0.3, -0.25) is 14.7 Å². The number of carbonyl (C=O) groups excluding carboxylic acids is 2.